The van der Waals surface area contributed by atoms with Gasteiger partial charge in [-0.25, -0.2) is 24.5 Å². The quantitative estimate of drug-likeness (QED) is 0.187. The van der Waals surface area contributed by atoms with Crippen molar-refractivity contribution in [3.05, 3.63) is 102 Å². The SMILES string of the molecule is Cc1ccc(C(=O)Nc2cccc(-c3nc4c(c(N(C(=O)OC(C)(C)C)c5ccc(-c6cnn(C(=O)OC(C)(C)C)c6)cc5)n3)COC4)c2)cn1. The third kappa shape index (κ3) is 8.27. The van der Waals surface area contributed by atoms with Gasteiger partial charge in [0.15, 0.2) is 11.6 Å². The predicted molar refractivity (Wildman–Crippen MR) is 191 cm³/mol. The van der Waals surface area contributed by atoms with E-state index in [1.54, 1.807) is 96.4 Å². The summed E-state index contributed by atoms with van der Waals surface area (Å²) in [6.07, 6.45) is 3.45. The lowest BCUT2D eigenvalue weighted by Crippen LogP contribution is -2.35. The number of hydrogen-bond donors (Lipinski definition) is 1. The van der Waals surface area contributed by atoms with Crippen molar-refractivity contribution >= 4 is 35.3 Å². The highest BCUT2D eigenvalue weighted by atomic mass is 16.6. The fourth-order valence-corrected chi connectivity index (χ4v) is 5.19. The zero-order chi connectivity index (χ0) is 36.5. The standard InChI is InChI=1S/C38H39N7O6/c1-23-11-12-26(18-39-23)34(46)41-28-10-8-9-25(17-28)32-42-31-22-49-21-30(31)33(43-32)45(36(48)51-38(5,6)7)29-15-13-24(14-16-29)27-19-40-44(20-27)35(47)50-37(2,3)4/h8-20H,21-22H2,1-7H3,(H,41,46). The first-order valence-corrected chi connectivity index (χ1v) is 16.4. The van der Waals surface area contributed by atoms with E-state index >= 15 is 0 Å². The molecule has 1 aliphatic rings. The molecule has 6 rings (SSSR count). The van der Waals surface area contributed by atoms with Gasteiger partial charge in [0.1, 0.15) is 11.2 Å². The maximum Gasteiger partial charge on any atom is 0.435 e. The number of nitrogens with zero attached hydrogens (tertiary/aromatic N) is 6. The molecule has 1 N–H and O–H groups in total. The summed E-state index contributed by atoms with van der Waals surface area (Å²) in [6, 6.07) is 17.8. The number of aromatic nitrogens is 5. The van der Waals surface area contributed by atoms with Crippen molar-refractivity contribution in [3.63, 3.8) is 0 Å². The number of anilines is 3. The Morgan fingerprint density at radius 2 is 1.59 bits per heavy atom. The van der Waals surface area contributed by atoms with E-state index in [1.807, 2.05) is 25.1 Å². The summed E-state index contributed by atoms with van der Waals surface area (Å²) in [5.74, 6) is 0.342. The lowest BCUT2D eigenvalue weighted by molar-refractivity contribution is 0.0513. The van der Waals surface area contributed by atoms with E-state index in [2.05, 4.69) is 15.4 Å². The van der Waals surface area contributed by atoms with E-state index in [0.717, 1.165) is 15.9 Å². The van der Waals surface area contributed by atoms with Crippen LogP contribution >= 0.6 is 0 Å². The zero-order valence-electron chi connectivity index (χ0n) is 29.6. The van der Waals surface area contributed by atoms with Crippen molar-refractivity contribution < 1.29 is 28.6 Å². The Hall–Kier alpha value is -5.95. The summed E-state index contributed by atoms with van der Waals surface area (Å²) in [6.45, 7) is 13.0. The summed E-state index contributed by atoms with van der Waals surface area (Å²) in [4.78, 5) is 54.7. The molecule has 0 aliphatic carbocycles. The molecule has 1 aliphatic heterocycles. The number of carbonyl (C=O) groups is 3. The minimum atomic E-state index is -0.805. The number of aryl methyl sites for hydroxylation is 1. The molecule has 0 radical (unpaired) electrons. The van der Waals surface area contributed by atoms with Gasteiger partial charge in [0.25, 0.3) is 5.91 Å². The molecule has 13 heteroatoms. The number of benzene rings is 2. The maximum atomic E-state index is 14.0. The van der Waals surface area contributed by atoms with Crippen molar-refractivity contribution in [3.8, 4) is 22.5 Å². The Bertz CT molecular complexity index is 2100. The summed E-state index contributed by atoms with van der Waals surface area (Å²) >= 11 is 0. The molecule has 0 spiro atoms. The van der Waals surface area contributed by atoms with Gasteiger partial charge < -0.3 is 19.5 Å². The minimum absolute atomic E-state index is 0.201. The van der Waals surface area contributed by atoms with Gasteiger partial charge in [-0.1, -0.05) is 24.3 Å². The lowest BCUT2D eigenvalue weighted by atomic mass is 10.1. The van der Waals surface area contributed by atoms with E-state index in [0.29, 0.717) is 51.0 Å². The fraction of sp³-hybridized carbons (Fsp3) is 0.289. The second-order valence-corrected chi connectivity index (χ2v) is 14.0. The highest BCUT2D eigenvalue weighted by molar-refractivity contribution is 6.04. The number of pyridine rings is 1. The lowest BCUT2D eigenvalue weighted by Gasteiger charge is -2.28. The number of ether oxygens (including phenoxy) is 3. The smallest absolute Gasteiger partial charge is 0.435 e. The Labute approximate surface area is 295 Å². The fourth-order valence-electron chi connectivity index (χ4n) is 5.19. The molecule has 2 aromatic carbocycles. The number of carbonyl (C=O) groups excluding carboxylic acids is 3. The molecule has 3 aromatic heterocycles. The number of nitrogens with one attached hydrogen (secondary N) is 1. The van der Waals surface area contributed by atoms with Gasteiger partial charge in [0, 0.05) is 40.5 Å². The molecule has 0 saturated carbocycles. The molecule has 5 aromatic rings. The summed E-state index contributed by atoms with van der Waals surface area (Å²) in [5.41, 5.74) is 4.14. The average molecular weight is 690 g/mol. The molecule has 0 fully saturated rings. The molecule has 0 bridgehead atoms. The highest BCUT2D eigenvalue weighted by Crippen LogP contribution is 2.36. The minimum Gasteiger partial charge on any atom is -0.443 e. The van der Waals surface area contributed by atoms with Crippen LogP contribution < -0.4 is 10.2 Å². The molecule has 0 atom stereocenters. The van der Waals surface area contributed by atoms with Crippen molar-refractivity contribution in [1.29, 1.82) is 0 Å². The molecule has 0 unspecified atom stereocenters. The summed E-state index contributed by atoms with van der Waals surface area (Å²) < 4.78 is 18.2. The topological polar surface area (TPSA) is 151 Å². The van der Waals surface area contributed by atoms with Gasteiger partial charge in [-0.05, 0) is 90.4 Å². The first kappa shape index (κ1) is 34.9. The van der Waals surface area contributed by atoms with Crippen LogP contribution in [0, 0.1) is 6.92 Å². The Kier molecular flexibility index (Phi) is 9.41. The van der Waals surface area contributed by atoms with Crippen LogP contribution in [-0.2, 0) is 27.4 Å². The maximum absolute atomic E-state index is 14.0. The van der Waals surface area contributed by atoms with Crippen molar-refractivity contribution in [2.75, 3.05) is 10.2 Å². The van der Waals surface area contributed by atoms with Crippen LogP contribution in [0.2, 0.25) is 0 Å². The van der Waals surface area contributed by atoms with Crippen molar-refractivity contribution in [1.82, 2.24) is 24.7 Å². The number of amides is 2. The molecule has 51 heavy (non-hydrogen) atoms. The molecule has 2 amide bonds. The van der Waals surface area contributed by atoms with Gasteiger partial charge in [-0.2, -0.15) is 9.78 Å². The van der Waals surface area contributed by atoms with Crippen LogP contribution in [0.15, 0.2) is 79.3 Å². The first-order valence-electron chi connectivity index (χ1n) is 16.4. The van der Waals surface area contributed by atoms with Gasteiger partial charge in [0.05, 0.1) is 36.4 Å². The number of hydrogen-bond acceptors (Lipinski definition) is 10. The average Bonchev–Trinajstić information content (AvgIpc) is 3.75. The third-order valence-electron chi connectivity index (χ3n) is 7.52. The first-order chi connectivity index (χ1) is 24.1. The Morgan fingerprint density at radius 3 is 2.27 bits per heavy atom. The van der Waals surface area contributed by atoms with Gasteiger partial charge >= 0.3 is 12.2 Å². The van der Waals surface area contributed by atoms with E-state index in [1.165, 1.54) is 11.1 Å². The van der Waals surface area contributed by atoms with Crippen LogP contribution in [0.5, 0.6) is 0 Å². The largest absolute Gasteiger partial charge is 0.443 e. The molecule has 262 valence electrons. The van der Waals surface area contributed by atoms with Crippen molar-refractivity contribution in [2.24, 2.45) is 0 Å². The van der Waals surface area contributed by atoms with Gasteiger partial charge in [0.2, 0.25) is 0 Å². The highest BCUT2D eigenvalue weighted by Gasteiger charge is 2.32. The molecular formula is C38H39N7O6. The Balaban J connectivity index is 1.35. The zero-order valence-corrected chi connectivity index (χ0v) is 29.6. The second kappa shape index (κ2) is 13.8. The summed E-state index contributed by atoms with van der Waals surface area (Å²) in [5, 5.41) is 7.08. The van der Waals surface area contributed by atoms with Gasteiger partial charge in [-0.3, -0.25) is 9.78 Å². The predicted octanol–water partition coefficient (Wildman–Crippen LogP) is 7.85. The van der Waals surface area contributed by atoms with E-state index < -0.39 is 23.4 Å². The van der Waals surface area contributed by atoms with Gasteiger partial charge in [-0.15, -0.1) is 0 Å². The third-order valence-corrected chi connectivity index (χ3v) is 7.52. The number of rotatable bonds is 6. The van der Waals surface area contributed by atoms with Crippen LogP contribution in [0.4, 0.5) is 26.8 Å². The van der Waals surface area contributed by atoms with Crippen LogP contribution in [-0.4, -0.2) is 54.0 Å². The monoisotopic (exact) mass is 689 g/mol. The van der Waals surface area contributed by atoms with E-state index in [4.69, 9.17) is 24.2 Å². The van der Waals surface area contributed by atoms with Crippen molar-refractivity contribution in [2.45, 2.75) is 72.9 Å². The molecular weight excluding hydrogens is 650 g/mol. The molecule has 4 heterocycles. The van der Waals surface area contributed by atoms with Crippen LogP contribution in [0.25, 0.3) is 22.5 Å². The van der Waals surface area contributed by atoms with E-state index in [-0.39, 0.29) is 19.1 Å². The second-order valence-electron chi connectivity index (χ2n) is 14.0. The normalized spacial score (nSPS) is 12.6. The number of fused-ring (bicyclic) bond motifs is 1. The molecule has 0 saturated heterocycles. The van der Waals surface area contributed by atoms with E-state index in [9.17, 15) is 14.4 Å². The summed E-state index contributed by atoms with van der Waals surface area (Å²) in [7, 11) is 0. The van der Waals surface area contributed by atoms with Crippen LogP contribution in [0.3, 0.4) is 0 Å². The Morgan fingerprint density at radius 1 is 0.843 bits per heavy atom. The van der Waals surface area contributed by atoms with Crippen LogP contribution in [0.1, 0.15) is 68.9 Å². The molecule has 13 nitrogen and oxygen atoms in total.